The van der Waals surface area contributed by atoms with Gasteiger partial charge in [0.15, 0.2) is 0 Å². The van der Waals surface area contributed by atoms with E-state index in [0.717, 1.165) is 13.1 Å². The fraction of sp³-hybridized carbons (Fsp3) is 0.375. The molecule has 0 heterocycles. The molecule has 2 aromatic carbocycles. The maximum Gasteiger partial charge on any atom is 0.0211 e. The van der Waals surface area contributed by atoms with E-state index in [1.54, 1.807) is 0 Å². The van der Waals surface area contributed by atoms with Crippen molar-refractivity contribution in [2.24, 2.45) is 0 Å². The fourth-order valence-corrected chi connectivity index (χ4v) is 2.75. The van der Waals surface area contributed by atoms with E-state index < -0.39 is 0 Å². The minimum absolute atomic E-state index is 0.970. The summed E-state index contributed by atoms with van der Waals surface area (Å²) >= 11 is 2.02. The van der Waals surface area contributed by atoms with E-state index in [9.17, 15) is 0 Å². The summed E-state index contributed by atoms with van der Waals surface area (Å²) in [4.78, 5) is 0. The Labute approximate surface area is 114 Å². The van der Waals surface area contributed by atoms with Gasteiger partial charge in [-0.05, 0) is 40.8 Å². The molecule has 0 fully saturated rings. The first-order valence-corrected chi connectivity index (χ1v) is 7.82. The number of hydrogen-bond donors (Lipinski definition) is 1. The SMILES string of the molecule is CCSCCCNCc1cccc2ccccc12. The van der Waals surface area contributed by atoms with Crippen molar-refractivity contribution in [2.75, 3.05) is 18.1 Å². The zero-order chi connectivity index (χ0) is 12.6. The summed E-state index contributed by atoms with van der Waals surface area (Å²) in [6, 6.07) is 15.1. The van der Waals surface area contributed by atoms with Gasteiger partial charge in [-0.25, -0.2) is 0 Å². The van der Waals surface area contributed by atoms with Gasteiger partial charge in [-0.15, -0.1) is 0 Å². The van der Waals surface area contributed by atoms with Crippen molar-refractivity contribution in [1.29, 1.82) is 0 Å². The van der Waals surface area contributed by atoms with E-state index in [-0.39, 0.29) is 0 Å². The lowest BCUT2D eigenvalue weighted by molar-refractivity contribution is 0.681. The number of hydrogen-bond acceptors (Lipinski definition) is 2. The Kier molecular flexibility index (Phi) is 5.56. The molecule has 0 saturated heterocycles. The third-order valence-electron chi connectivity index (χ3n) is 3.04. The summed E-state index contributed by atoms with van der Waals surface area (Å²) in [5, 5.41) is 6.24. The van der Waals surface area contributed by atoms with E-state index >= 15 is 0 Å². The van der Waals surface area contributed by atoms with Crippen LogP contribution in [0.25, 0.3) is 10.8 Å². The summed E-state index contributed by atoms with van der Waals surface area (Å²) in [5.41, 5.74) is 1.40. The normalized spacial score (nSPS) is 10.9. The van der Waals surface area contributed by atoms with Crippen LogP contribution in [0.3, 0.4) is 0 Å². The lowest BCUT2D eigenvalue weighted by Gasteiger charge is -2.08. The molecule has 0 spiro atoms. The number of thioether (sulfide) groups is 1. The summed E-state index contributed by atoms with van der Waals surface area (Å²) in [6.07, 6.45) is 1.25. The highest BCUT2D eigenvalue weighted by atomic mass is 32.2. The van der Waals surface area contributed by atoms with Gasteiger partial charge in [0.1, 0.15) is 0 Å². The second-order valence-corrected chi connectivity index (χ2v) is 5.76. The van der Waals surface area contributed by atoms with E-state index in [4.69, 9.17) is 0 Å². The molecule has 2 heteroatoms. The molecule has 0 radical (unpaired) electrons. The molecule has 1 nitrogen and oxygen atoms in total. The molecule has 96 valence electrons. The molecule has 0 atom stereocenters. The number of fused-ring (bicyclic) bond motifs is 1. The van der Waals surface area contributed by atoms with Gasteiger partial charge in [-0.1, -0.05) is 49.4 Å². The predicted octanol–water partition coefficient (Wildman–Crippen LogP) is 4.07. The Bertz CT molecular complexity index is 476. The predicted molar refractivity (Wildman–Crippen MR) is 83.3 cm³/mol. The van der Waals surface area contributed by atoms with Crippen LogP contribution in [0.4, 0.5) is 0 Å². The van der Waals surface area contributed by atoms with Crippen molar-refractivity contribution in [3.8, 4) is 0 Å². The lowest BCUT2D eigenvalue weighted by atomic mass is 10.0. The molecule has 0 unspecified atom stereocenters. The van der Waals surface area contributed by atoms with Crippen molar-refractivity contribution in [3.05, 3.63) is 48.0 Å². The van der Waals surface area contributed by atoms with Crippen molar-refractivity contribution in [2.45, 2.75) is 19.9 Å². The van der Waals surface area contributed by atoms with Crippen LogP contribution in [-0.4, -0.2) is 18.1 Å². The van der Waals surface area contributed by atoms with Crippen molar-refractivity contribution >= 4 is 22.5 Å². The average Bonchev–Trinajstić information content (AvgIpc) is 2.43. The van der Waals surface area contributed by atoms with Crippen LogP contribution in [0.15, 0.2) is 42.5 Å². The van der Waals surface area contributed by atoms with Gasteiger partial charge < -0.3 is 5.32 Å². The Morgan fingerprint density at radius 1 is 1.06 bits per heavy atom. The van der Waals surface area contributed by atoms with Gasteiger partial charge in [-0.3, -0.25) is 0 Å². The molecule has 0 saturated carbocycles. The first-order valence-electron chi connectivity index (χ1n) is 6.67. The molecule has 0 aliphatic heterocycles. The average molecular weight is 259 g/mol. The smallest absolute Gasteiger partial charge is 0.0211 e. The fourth-order valence-electron chi connectivity index (χ4n) is 2.11. The summed E-state index contributed by atoms with van der Waals surface area (Å²) in [7, 11) is 0. The monoisotopic (exact) mass is 259 g/mol. The number of rotatable bonds is 7. The zero-order valence-corrected chi connectivity index (χ0v) is 11.8. The lowest BCUT2D eigenvalue weighted by Crippen LogP contribution is -2.15. The Morgan fingerprint density at radius 2 is 1.89 bits per heavy atom. The van der Waals surface area contributed by atoms with Crippen LogP contribution < -0.4 is 5.32 Å². The molecular weight excluding hydrogens is 238 g/mol. The molecule has 1 N–H and O–H groups in total. The van der Waals surface area contributed by atoms with Gasteiger partial charge in [-0.2, -0.15) is 11.8 Å². The van der Waals surface area contributed by atoms with Crippen LogP contribution in [0.5, 0.6) is 0 Å². The second-order valence-electron chi connectivity index (χ2n) is 4.37. The molecule has 0 bridgehead atoms. The maximum atomic E-state index is 3.54. The standard InChI is InChI=1S/C16H21NS/c1-2-18-12-6-11-17-13-15-9-5-8-14-7-3-4-10-16(14)15/h3-5,7-10,17H,2,6,11-13H2,1H3. The molecule has 0 aromatic heterocycles. The minimum atomic E-state index is 0.970. The second kappa shape index (κ2) is 7.45. The van der Waals surface area contributed by atoms with E-state index in [2.05, 4.69) is 54.7 Å². The van der Waals surface area contributed by atoms with Crippen LogP contribution in [0, 0.1) is 0 Å². The molecular formula is C16H21NS. The molecule has 18 heavy (non-hydrogen) atoms. The quantitative estimate of drug-likeness (QED) is 0.752. The third kappa shape index (κ3) is 3.76. The number of nitrogens with one attached hydrogen (secondary N) is 1. The van der Waals surface area contributed by atoms with E-state index in [0.29, 0.717) is 0 Å². The molecule has 0 aliphatic carbocycles. The van der Waals surface area contributed by atoms with E-state index in [1.165, 1.54) is 34.3 Å². The highest BCUT2D eigenvalue weighted by Crippen LogP contribution is 2.18. The number of benzene rings is 2. The first kappa shape index (κ1) is 13.4. The molecule has 2 aromatic rings. The van der Waals surface area contributed by atoms with E-state index in [1.807, 2.05) is 11.8 Å². The Morgan fingerprint density at radius 3 is 2.78 bits per heavy atom. The Balaban J connectivity index is 1.88. The maximum absolute atomic E-state index is 3.54. The molecule has 2 rings (SSSR count). The summed E-state index contributed by atoms with van der Waals surface area (Å²) in [6.45, 7) is 4.29. The Hall–Kier alpha value is -0.990. The van der Waals surface area contributed by atoms with Crippen molar-refractivity contribution in [3.63, 3.8) is 0 Å². The highest BCUT2D eigenvalue weighted by Gasteiger charge is 1.99. The highest BCUT2D eigenvalue weighted by molar-refractivity contribution is 7.99. The van der Waals surface area contributed by atoms with Crippen LogP contribution in [0.2, 0.25) is 0 Å². The summed E-state index contributed by atoms with van der Waals surface area (Å²) < 4.78 is 0. The van der Waals surface area contributed by atoms with Gasteiger partial charge >= 0.3 is 0 Å². The topological polar surface area (TPSA) is 12.0 Å². The van der Waals surface area contributed by atoms with Crippen LogP contribution in [-0.2, 0) is 6.54 Å². The molecule has 0 amide bonds. The van der Waals surface area contributed by atoms with Crippen LogP contribution in [0.1, 0.15) is 18.9 Å². The minimum Gasteiger partial charge on any atom is -0.313 e. The van der Waals surface area contributed by atoms with Gasteiger partial charge in [0.2, 0.25) is 0 Å². The van der Waals surface area contributed by atoms with Crippen LogP contribution >= 0.6 is 11.8 Å². The first-order chi connectivity index (χ1) is 8.92. The zero-order valence-electron chi connectivity index (χ0n) is 11.0. The summed E-state index contributed by atoms with van der Waals surface area (Å²) in [5.74, 6) is 2.49. The van der Waals surface area contributed by atoms with Crippen molar-refractivity contribution in [1.82, 2.24) is 5.32 Å². The van der Waals surface area contributed by atoms with Gasteiger partial charge in [0.05, 0.1) is 0 Å². The van der Waals surface area contributed by atoms with Crippen molar-refractivity contribution < 1.29 is 0 Å². The molecule has 0 aliphatic rings. The van der Waals surface area contributed by atoms with Gasteiger partial charge in [0, 0.05) is 6.54 Å². The van der Waals surface area contributed by atoms with Gasteiger partial charge in [0.25, 0.3) is 0 Å². The third-order valence-corrected chi connectivity index (χ3v) is 4.03. The largest absolute Gasteiger partial charge is 0.313 e.